The van der Waals surface area contributed by atoms with Crippen molar-refractivity contribution in [1.82, 2.24) is 0 Å². The summed E-state index contributed by atoms with van der Waals surface area (Å²) < 4.78 is 36.2. The van der Waals surface area contributed by atoms with Crippen molar-refractivity contribution in [2.75, 3.05) is 75.9 Å². The Morgan fingerprint density at radius 2 is 0.676 bits per heavy atom. The van der Waals surface area contributed by atoms with Crippen LogP contribution in [0.5, 0.6) is 11.5 Å². The van der Waals surface area contributed by atoms with E-state index in [-0.39, 0.29) is 10.8 Å². The lowest BCUT2D eigenvalue weighted by molar-refractivity contribution is -0.138. The molecule has 2 saturated heterocycles. The van der Waals surface area contributed by atoms with Gasteiger partial charge in [0.25, 0.3) is 0 Å². The molecule has 0 aromatic heterocycles. The maximum atomic E-state index is 6.00. The van der Waals surface area contributed by atoms with Gasteiger partial charge in [-0.15, -0.1) is 0 Å². The van der Waals surface area contributed by atoms with Gasteiger partial charge in [-0.05, 0) is 160 Å². The predicted octanol–water partition coefficient (Wildman–Crippen LogP) is 15.8. The van der Waals surface area contributed by atoms with E-state index in [9.17, 15) is 0 Å². The molecule has 10 heteroatoms. The third-order valence-corrected chi connectivity index (χ3v) is 13.1. The third-order valence-electron chi connectivity index (χ3n) is 12.0. The largest absolute Gasteiger partial charge is 0.494 e. The Hall–Kier alpha value is -4.68. The van der Waals surface area contributed by atoms with Gasteiger partial charge in [-0.1, -0.05) is 94.9 Å². The first kappa shape index (κ1) is 51.2. The standard InChI is InChI=1S/C29H33Br2NO3.C29H35NO3/c1-29(21-34-22-29)20-33-18-4-2-3-5-19-35-28-16-14-27(15-17-28)32(25-10-6-23(30)7-11-25)26-12-8-24(31)9-13-26;1-29(23-32-24-29)22-31-20-10-2-3-11-21-33-28-18-16-27(17-19-28)30(25-12-6-4-7-13-25)26-14-8-5-9-15-26/h6-17H,2-5,18-22H2,1H3;4-9,12-19H,2-3,10-11,20-24H2,1H3. The summed E-state index contributed by atoms with van der Waals surface area (Å²) >= 11 is 7.07. The minimum Gasteiger partial charge on any atom is -0.494 e. The van der Waals surface area contributed by atoms with Gasteiger partial charge in [-0.3, -0.25) is 0 Å². The molecule has 0 amide bonds. The van der Waals surface area contributed by atoms with Gasteiger partial charge < -0.3 is 38.2 Å². The summed E-state index contributed by atoms with van der Waals surface area (Å²) in [5, 5.41) is 0. The number of nitrogens with zero attached hydrogens (tertiary/aromatic N) is 2. The monoisotopic (exact) mass is 1050 g/mol. The van der Waals surface area contributed by atoms with Gasteiger partial charge in [0.2, 0.25) is 0 Å². The van der Waals surface area contributed by atoms with Crippen LogP contribution < -0.4 is 19.3 Å². The summed E-state index contributed by atoms with van der Waals surface area (Å²) in [4.78, 5) is 4.49. The Bertz CT molecular complexity index is 2220. The molecule has 0 radical (unpaired) electrons. The van der Waals surface area contributed by atoms with Crippen molar-refractivity contribution in [2.24, 2.45) is 10.8 Å². The van der Waals surface area contributed by atoms with Gasteiger partial charge in [-0.25, -0.2) is 0 Å². The molecule has 0 unspecified atom stereocenters. The van der Waals surface area contributed by atoms with Gasteiger partial charge in [0.15, 0.2) is 0 Å². The Balaban J connectivity index is 0.000000202. The van der Waals surface area contributed by atoms with Crippen molar-refractivity contribution in [3.05, 3.63) is 167 Å². The highest BCUT2D eigenvalue weighted by Crippen LogP contribution is 2.37. The quantitative estimate of drug-likeness (QED) is 0.0498. The molecule has 2 aliphatic rings. The van der Waals surface area contributed by atoms with Crippen LogP contribution in [0, 0.1) is 10.8 Å². The van der Waals surface area contributed by atoms with Crippen molar-refractivity contribution in [2.45, 2.75) is 65.2 Å². The molecule has 8 nitrogen and oxygen atoms in total. The van der Waals surface area contributed by atoms with Crippen LogP contribution in [0.4, 0.5) is 34.1 Å². The molecule has 8 rings (SSSR count). The van der Waals surface area contributed by atoms with Crippen molar-refractivity contribution in [1.29, 1.82) is 0 Å². The van der Waals surface area contributed by atoms with Gasteiger partial charge >= 0.3 is 0 Å². The van der Waals surface area contributed by atoms with E-state index >= 15 is 0 Å². The Kier molecular flexibility index (Phi) is 20.3. The van der Waals surface area contributed by atoms with Crippen LogP contribution in [0.3, 0.4) is 0 Å². The van der Waals surface area contributed by atoms with Crippen LogP contribution >= 0.6 is 31.9 Å². The molecule has 2 aliphatic heterocycles. The van der Waals surface area contributed by atoms with Crippen molar-refractivity contribution < 1.29 is 28.4 Å². The van der Waals surface area contributed by atoms with E-state index in [4.69, 9.17) is 28.4 Å². The van der Waals surface area contributed by atoms with E-state index in [0.717, 1.165) is 159 Å². The summed E-state index contributed by atoms with van der Waals surface area (Å²) in [5.41, 5.74) is 7.17. The van der Waals surface area contributed by atoms with Crippen LogP contribution in [0.2, 0.25) is 0 Å². The number of para-hydroxylation sites is 2. The molecule has 0 saturated carbocycles. The second-order valence-electron chi connectivity index (χ2n) is 18.5. The highest BCUT2D eigenvalue weighted by Gasteiger charge is 2.34. The van der Waals surface area contributed by atoms with E-state index in [0.29, 0.717) is 0 Å². The average molecular weight is 1050 g/mol. The molecule has 0 atom stereocenters. The number of hydrogen-bond acceptors (Lipinski definition) is 8. The van der Waals surface area contributed by atoms with Crippen LogP contribution in [0.25, 0.3) is 0 Å². The lowest BCUT2D eigenvalue weighted by Crippen LogP contribution is -2.43. The number of unbranched alkanes of at least 4 members (excludes halogenated alkanes) is 6. The maximum Gasteiger partial charge on any atom is 0.119 e. The Morgan fingerprint density at radius 3 is 0.985 bits per heavy atom. The molecule has 2 fully saturated rings. The molecule has 6 aromatic carbocycles. The first-order valence-corrected chi connectivity index (χ1v) is 25.8. The van der Waals surface area contributed by atoms with Crippen LogP contribution in [-0.2, 0) is 18.9 Å². The number of halogens is 2. The van der Waals surface area contributed by atoms with Gasteiger partial charge in [-0.2, -0.15) is 0 Å². The number of benzene rings is 6. The fourth-order valence-electron chi connectivity index (χ4n) is 8.02. The molecule has 0 N–H and O–H groups in total. The van der Waals surface area contributed by atoms with Gasteiger partial charge in [0.05, 0.1) is 52.9 Å². The highest BCUT2D eigenvalue weighted by atomic mass is 79.9. The minimum absolute atomic E-state index is 0.247. The molecule has 0 aliphatic carbocycles. The second-order valence-corrected chi connectivity index (χ2v) is 20.4. The van der Waals surface area contributed by atoms with E-state index in [2.05, 4.69) is 201 Å². The van der Waals surface area contributed by atoms with Crippen LogP contribution in [-0.4, -0.2) is 66.1 Å². The minimum atomic E-state index is 0.247. The fraction of sp³-hybridized carbons (Fsp3) is 0.379. The molecule has 2 heterocycles. The zero-order valence-corrected chi connectivity index (χ0v) is 43.0. The van der Waals surface area contributed by atoms with Gasteiger partial charge in [0.1, 0.15) is 11.5 Å². The van der Waals surface area contributed by atoms with Crippen LogP contribution in [0.15, 0.2) is 167 Å². The van der Waals surface area contributed by atoms with E-state index in [1.54, 1.807) is 0 Å². The van der Waals surface area contributed by atoms with Crippen molar-refractivity contribution >= 4 is 66.0 Å². The highest BCUT2D eigenvalue weighted by molar-refractivity contribution is 9.10. The number of hydrogen-bond donors (Lipinski definition) is 0. The van der Waals surface area contributed by atoms with Crippen molar-refractivity contribution in [3.8, 4) is 11.5 Å². The van der Waals surface area contributed by atoms with Gasteiger partial charge in [0, 0.05) is 67.1 Å². The zero-order valence-electron chi connectivity index (χ0n) is 39.8. The van der Waals surface area contributed by atoms with E-state index in [1.807, 2.05) is 12.1 Å². The maximum absolute atomic E-state index is 6.00. The molecule has 0 spiro atoms. The summed E-state index contributed by atoms with van der Waals surface area (Å²) in [5.74, 6) is 1.82. The lowest BCUT2D eigenvalue weighted by atomic mass is 9.90. The third kappa shape index (κ3) is 16.2. The zero-order chi connectivity index (χ0) is 47.3. The van der Waals surface area contributed by atoms with Crippen molar-refractivity contribution in [3.63, 3.8) is 0 Å². The molecule has 68 heavy (non-hydrogen) atoms. The smallest absolute Gasteiger partial charge is 0.119 e. The molecule has 0 bridgehead atoms. The first-order valence-electron chi connectivity index (χ1n) is 24.2. The van der Waals surface area contributed by atoms with E-state index in [1.165, 1.54) is 12.8 Å². The SMILES string of the molecule is CC1(COCCCCCCOc2ccc(N(c3ccc(Br)cc3)c3ccc(Br)cc3)cc2)COC1.CC1(COCCCCCCOc2ccc(N(c3ccccc3)c3ccccc3)cc2)COC1. The summed E-state index contributed by atoms with van der Waals surface area (Å²) in [6, 6.07) is 54.3. The Morgan fingerprint density at radius 1 is 0.382 bits per heavy atom. The first-order chi connectivity index (χ1) is 33.3. The van der Waals surface area contributed by atoms with E-state index < -0.39 is 0 Å². The van der Waals surface area contributed by atoms with Crippen LogP contribution in [0.1, 0.15) is 65.2 Å². The summed E-state index contributed by atoms with van der Waals surface area (Å²) in [6.07, 6.45) is 9.00. The molecule has 6 aromatic rings. The average Bonchev–Trinajstić information content (AvgIpc) is 3.35. The number of anilines is 6. The Labute approximate surface area is 422 Å². The topological polar surface area (TPSA) is 61.9 Å². The fourth-order valence-corrected chi connectivity index (χ4v) is 8.54. The summed E-state index contributed by atoms with van der Waals surface area (Å²) in [6.45, 7) is 12.6. The number of ether oxygens (including phenoxy) is 6. The molecule has 360 valence electrons. The normalized spacial score (nSPS) is 14.4. The molecular weight excluding hydrogens is 980 g/mol. The second kappa shape index (κ2) is 26.9. The lowest BCUT2D eigenvalue weighted by Gasteiger charge is -2.37. The predicted molar refractivity (Wildman–Crippen MR) is 285 cm³/mol. The number of rotatable bonds is 26. The molecular formula is C58H68Br2N2O6. The summed E-state index contributed by atoms with van der Waals surface area (Å²) in [7, 11) is 0.